The molecule has 0 saturated heterocycles. The van der Waals surface area contributed by atoms with Crippen LogP contribution in [0.5, 0.6) is 0 Å². The van der Waals surface area contributed by atoms with Crippen LogP contribution in [0.25, 0.3) is 33.5 Å². The fraction of sp³-hybridized carbons (Fsp3) is 0.100. The lowest BCUT2D eigenvalue weighted by Crippen LogP contribution is -2.18. The van der Waals surface area contributed by atoms with E-state index in [-0.39, 0.29) is 16.7 Å². The Hall–Kier alpha value is -3.35. The predicted octanol–water partition coefficient (Wildman–Crippen LogP) is 4.88. The van der Waals surface area contributed by atoms with Crippen LogP contribution in [-0.2, 0) is 13.2 Å². The van der Waals surface area contributed by atoms with Gasteiger partial charge in [0.1, 0.15) is 11.1 Å². The van der Waals surface area contributed by atoms with Gasteiger partial charge in [0.15, 0.2) is 5.58 Å². The lowest BCUT2D eigenvalue weighted by atomic mass is 10.0. The van der Waals surface area contributed by atoms with Crippen LogP contribution in [-0.4, -0.2) is 9.72 Å². The maximum Gasteiger partial charge on any atom is 0.416 e. The average molecular weight is 370 g/mol. The molecule has 0 atom stereocenters. The molecule has 136 valence electrons. The highest BCUT2D eigenvalue weighted by Gasteiger charge is 2.30. The van der Waals surface area contributed by atoms with E-state index in [1.54, 1.807) is 12.1 Å². The zero-order chi connectivity index (χ0) is 19.2. The van der Waals surface area contributed by atoms with E-state index in [0.717, 1.165) is 17.7 Å². The lowest BCUT2D eigenvalue weighted by molar-refractivity contribution is -0.137. The van der Waals surface area contributed by atoms with E-state index < -0.39 is 11.7 Å². The molecule has 0 aliphatic heterocycles. The summed E-state index contributed by atoms with van der Waals surface area (Å²) in [5.41, 5.74) is 0.764. The van der Waals surface area contributed by atoms with Gasteiger partial charge < -0.3 is 9.09 Å². The summed E-state index contributed by atoms with van der Waals surface area (Å²) in [7, 11) is 1.51. The summed E-state index contributed by atoms with van der Waals surface area (Å²) in [6.07, 6.45) is -4.47. The molecule has 27 heavy (non-hydrogen) atoms. The number of nitrogens with zero attached hydrogens (tertiary/aromatic N) is 2. The van der Waals surface area contributed by atoms with Crippen LogP contribution in [0, 0.1) is 0 Å². The number of pyridine rings is 1. The van der Waals surface area contributed by atoms with Gasteiger partial charge in [0.05, 0.1) is 11.3 Å². The molecule has 0 N–H and O–H groups in total. The van der Waals surface area contributed by atoms with E-state index >= 15 is 0 Å². The second-order valence-electron chi connectivity index (χ2n) is 6.11. The Morgan fingerprint density at radius 3 is 2.37 bits per heavy atom. The SMILES string of the molecule is Cn1c(-c2cccc(C(F)(F)F)c2)cc2onc(-c3ccccc3)c2c1=O. The zero-order valence-electron chi connectivity index (χ0n) is 14.1. The van der Waals surface area contributed by atoms with Gasteiger partial charge >= 0.3 is 6.18 Å². The maximum absolute atomic E-state index is 13.0. The molecule has 0 unspecified atom stereocenters. The van der Waals surface area contributed by atoms with Gasteiger partial charge in [-0.05, 0) is 17.7 Å². The van der Waals surface area contributed by atoms with Crippen molar-refractivity contribution in [2.24, 2.45) is 7.05 Å². The Kier molecular flexibility index (Phi) is 3.87. The minimum Gasteiger partial charge on any atom is -0.355 e. The van der Waals surface area contributed by atoms with Crippen molar-refractivity contribution in [3.63, 3.8) is 0 Å². The van der Waals surface area contributed by atoms with Crippen molar-refractivity contribution in [1.29, 1.82) is 0 Å². The Morgan fingerprint density at radius 2 is 1.67 bits per heavy atom. The molecule has 0 amide bonds. The standard InChI is InChI=1S/C20H13F3N2O2/c1-25-15(13-8-5-9-14(10-13)20(21,22)23)11-16-17(19(25)26)18(24-27-16)12-6-3-2-4-7-12/h2-11H,1H3. The van der Waals surface area contributed by atoms with E-state index in [0.29, 0.717) is 16.8 Å². The van der Waals surface area contributed by atoms with Crippen LogP contribution in [0.1, 0.15) is 5.56 Å². The zero-order valence-corrected chi connectivity index (χ0v) is 14.1. The van der Waals surface area contributed by atoms with E-state index in [9.17, 15) is 18.0 Å². The Bertz CT molecular complexity index is 1190. The number of halogens is 3. The van der Waals surface area contributed by atoms with Crippen molar-refractivity contribution < 1.29 is 17.7 Å². The maximum atomic E-state index is 13.0. The number of alkyl halides is 3. The molecule has 2 aromatic heterocycles. The first-order valence-corrected chi connectivity index (χ1v) is 8.09. The van der Waals surface area contributed by atoms with Crippen molar-refractivity contribution in [3.8, 4) is 22.5 Å². The van der Waals surface area contributed by atoms with Crippen molar-refractivity contribution in [2.45, 2.75) is 6.18 Å². The van der Waals surface area contributed by atoms with Crippen LogP contribution in [0.2, 0.25) is 0 Å². The van der Waals surface area contributed by atoms with E-state index in [4.69, 9.17) is 4.52 Å². The largest absolute Gasteiger partial charge is 0.416 e. The molecular weight excluding hydrogens is 357 g/mol. The Balaban J connectivity index is 1.93. The molecule has 4 aromatic rings. The first kappa shape index (κ1) is 17.1. The molecule has 0 bridgehead atoms. The molecule has 0 aliphatic carbocycles. The quantitative estimate of drug-likeness (QED) is 0.505. The van der Waals surface area contributed by atoms with Crippen LogP contribution < -0.4 is 5.56 Å². The van der Waals surface area contributed by atoms with Gasteiger partial charge in [0.2, 0.25) is 0 Å². The molecule has 0 spiro atoms. The van der Waals surface area contributed by atoms with Crippen molar-refractivity contribution in [1.82, 2.24) is 9.72 Å². The number of fused-ring (bicyclic) bond motifs is 1. The van der Waals surface area contributed by atoms with E-state index in [2.05, 4.69) is 5.16 Å². The normalized spacial score (nSPS) is 11.9. The third kappa shape index (κ3) is 2.91. The number of aromatic nitrogens is 2. The third-order valence-corrected chi connectivity index (χ3v) is 4.40. The summed E-state index contributed by atoms with van der Waals surface area (Å²) in [5.74, 6) is 0. The van der Waals surface area contributed by atoms with Gasteiger partial charge in [-0.25, -0.2) is 0 Å². The van der Waals surface area contributed by atoms with Crippen molar-refractivity contribution in [3.05, 3.63) is 76.6 Å². The Morgan fingerprint density at radius 1 is 0.963 bits per heavy atom. The van der Waals surface area contributed by atoms with Crippen LogP contribution >= 0.6 is 0 Å². The molecule has 0 saturated carbocycles. The van der Waals surface area contributed by atoms with Crippen LogP contribution in [0.15, 0.2) is 70.0 Å². The molecule has 4 rings (SSSR count). The van der Waals surface area contributed by atoms with E-state index in [1.165, 1.54) is 29.8 Å². The molecule has 7 heteroatoms. The van der Waals surface area contributed by atoms with Crippen molar-refractivity contribution >= 4 is 11.0 Å². The third-order valence-electron chi connectivity index (χ3n) is 4.40. The summed E-state index contributed by atoms with van der Waals surface area (Å²) < 4.78 is 45.7. The van der Waals surface area contributed by atoms with Gasteiger partial charge in [-0.15, -0.1) is 0 Å². The lowest BCUT2D eigenvalue weighted by Gasteiger charge is -2.11. The molecular formula is C20H13F3N2O2. The summed E-state index contributed by atoms with van der Waals surface area (Å²) in [4.78, 5) is 12.9. The minimum absolute atomic E-state index is 0.226. The highest BCUT2D eigenvalue weighted by molar-refractivity contribution is 5.92. The predicted molar refractivity (Wildman–Crippen MR) is 95.1 cm³/mol. The molecule has 2 aromatic carbocycles. The van der Waals surface area contributed by atoms with Gasteiger partial charge in [-0.3, -0.25) is 4.79 Å². The van der Waals surface area contributed by atoms with Crippen molar-refractivity contribution in [2.75, 3.05) is 0 Å². The number of rotatable bonds is 2. The highest BCUT2D eigenvalue weighted by Crippen LogP contribution is 2.33. The minimum atomic E-state index is -4.47. The highest BCUT2D eigenvalue weighted by atomic mass is 19.4. The number of hydrogen-bond donors (Lipinski definition) is 0. The second-order valence-corrected chi connectivity index (χ2v) is 6.11. The Labute approximate surface area is 151 Å². The van der Waals surface area contributed by atoms with E-state index in [1.807, 2.05) is 18.2 Å². The van der Waals surface area contributed by atoms with Crippen LogP contribution in [0.3, 0.4) is 0 Å². The van der Waals surface area contributed by atoms with Crippen LogP contribution in [0.4, 0.5) is 13.2 Å². The van der Waals surface area contributed by atoms with Gasteiger partial charge in [0, 0.05) is 18.7 Å². The average Bonchev–Trinajstić information content (AvgIpc) is 3.09. The second kappa shape index (κ2) is 6.12. The summed E-state index contributed by atoms with van der Waals surface area (Å²) >= 11 is 0. The number of benzene rings is 2. The summed E-state index contributed by atoms with van der Waals surface area (Å²) in [6.45, 7) is 0. The summed E-state index contributed by atoms with van der Waals surface area (Å²) in [6, 6.07) is 15.4. The molecule has 4 nitrogen and oxygen atoms in total. The monoisotopic (exact) mass is 370 g/mol. The fourth-order valence-corrected chi connectivity index (χ4v) is 3.03. The van der Waals surface area contributed by atoms with Gasteiger partial charge in [0.25, 0.3) is 5.56 Å². The molecule has 0 aliphatic rings. The molecule has 2 heterocycles. The van der Waals surface area contributed by atoms with Gasteiger partial charge in [-0.2, -0.15) is 13.2 Å². The smallest absolute Gasteiger partial charge is 0.355 e. The first-order valence-electron chi connectivity index (χ1n) is 8.09. The topological polar surface area (TPSA) is 48.0 Å². The first-order chi connectivity index (χ1) is 12.9. The molecule has 0 radical (unpaired) electrons. The number of hydrogen-bond acceptors (Lipinski definition) is 3. The van der Waals surface area contributed by atoms with Gasteiger partial charge in [-0.1, -0.05) is 47.6 Å². The summed E-state index contributed by atoms with van der Waals surface area (Å²) in [5, 5.41) is 4.28. The fourth-order valence-electron chi connectivity index (χ4n) is 3.03. The molecule has 0 fully saturated rings.